The Morgan fingerprint density at radius 1 is 1.17 bits per heavy atom. The van der Waals surface area contributed by atoms with Crippen LogP contribution in [-0.2, 0) is 6.42 Å². The van der Waals surface area contributed by atoms with Crippen molar-refractivity contribution >= 4 is 28.8 Å². The monoisotopic (exact) mass is 416 g/mol. The quantitative estimate of drug-likeness (QED) is 0.537. The van der Waals surface area contributed by atoms with Crippen molar-refractivity contribution in [2.75, 3.05) is 19.7 Å². The summed E-state index contributed by atoms with van der Waals surface area (Å²) in [6, 6.07) is 8.52. The van der Waals surface area contributed by atoms with E-state index in [4.69, 9.17) is 32.2 Å². The minimum Gasteiger partial charge on any atom is -0.494 e. The van der Waals surface area contributed by atoms with Gasteiger partial charge in [-0.1, -0.05) is 25.4 Å². The van der Waals surface area contributed by atoms with E-state index in [9.17, 15) is 4.39 Å². The van der Waals surface area contributed by atoms with Crippen LogP contribution in [0.15, 0.2) is 40.3 Å². The maximum absolute atomic E-state index is 14.3. The highest BCUT2D eigenvalue weighted by atomic mass is 35.5. The third-order valence-electron chi connectivity index (χ3n) is 4.65. The lowest BCUT2D eigenvalue weighted by Gasteiger charge is -2.18. The molecule has 0 amide bonds. The summed E-state index contributed by atoms with van der Waals surface area (Å²) in [5.74, 6) is 7.12. The zero-order valence-electron chi connectivity index (χ0n) is 17.0. The predicted molar refractivity (Wildman–Crippen MR) is 117 cm³/mol. The van der Waals surface area contributed by atoms with Gasteiger partial charge in [0.2, 0.25) is 0 Å². The number of hydrazine groups is 1. The first kappa shape index (κ1) is 21.3. The summed E-state index contributed by atoms with van der Waals surface area (Å²) in [6.07, 6.45) is 1.60. The van der Waals surface area contributed by atoms with Crippen molar-refractivity contribution in [1.29, 1.82) is 0 Å². The van der Waals surface area contributed by atoms with Crippen LogP contribution in [0.25, 0.3) is 0 Å². The molecule has 0 saturated carbocycles. The van der Waals surface area contributed by atoms with Crippen LogP contribution in [0, 0.1) is 5.82 Å². The molecule has 7 heteroatoms. The fraction of sp³-hybridized carbons (Fsp3) is 0.364. The van der Waals surface area contributed by atoms with Crippen LogP contribution in [0.4, 0.5) is 10.1 Å². The largest absolute Gasteiger partial charge is 0.494 e. The first-order valence-corrected chi connectivity index (χ1v) is 10.2. The molecule has 1 heterocycles. The number of amidine groups is 1. The van der Waals surface area contributed by atoms with Crippen molar-refractivity contribution in [1.82, 2.24) is 5.01 Å². The number of nitrogens with two attached hydrogens (primary N) is 1. The number of aliphatic imine (C=N–C) groups is 2. The number of nitrogens with zero attached hydrogens (tertiary/aromatic N) is 3. The maximum Gasteiger partial charge on any atom is 0.141 e. The molecule has 1 aliphatic rings. The summed E-state index contributed by atoms with van der Waals surface area (Å²) in [4.78, 5) is 9.49. The van der Waals surface area contributed by atoms with Crippen LogP contribution in [0.2, 0.25) is 5.02 Å². The maximum atomic E-state index is 14.3. The van der Waals surface area contributed by atoms with Gasteiger partial charge < -0.3 is 4.74 Å². The summed E-state index contributed by atoms with van der Waals surface area (Å²) in [5.41, 5.74) is 3.43. The number of ether oxygens (including phenoxy) is 1. The van der Waals surface area contributed by atoms with Crippen LogP contribution < -0.4 is 10.6 Å². The van der Waals surface area contributed by atoms with Gasteiger partial charge in [0, 0.05) is 23.7 Å². The van der Waals surface area contributed by atoms with Crippen molar-refractivity contribution in [3.8, 4) is 5.75 Å². The number of hydrogen-bond donors (Lipinski definition) is 1. The number of fused-ring (bicyclic) bond motifs is 1. The zero-order chi connectivity index (χ0) is 21.0. The van der Waals surface area contributed by atoms with E-state index in [-0.39, 0.29) is 12.4 Å². The highest BCUT2D eigenvalue weighted by Gasteiger charge is 2.22. The minimum atomic E-state index is -0.303. The Labute approximate surface area is 176 Å². The standard InChI is InChI=1S/C22H26ClFN4O/c1-4-7-28(25)20-13-26-22(15-8-14(5-2)9-16(24)10-15)21-18(23)11-17(29-6-3)12-19(21)27-20/h8-12H,4-7,13,25H2,1-3H3. The van der Waals surface area contributed by atoms with Gasteiger partial charge in [0.25, 0.3) is 0 Å². The van der Waals surface area contributed by atoms with Gasteiger partial charge in [-0.25, -0.2) is 15.2 Å². The molecule has 29 heavy (non-hydrogen) atoms. The molecule has 0 saturated heterocycles. The Balaban J connectivity index is 2.20. The lowest BCUT2D eigenvalue weighted by molar-refractivity contribution is 0.340. The molecule has 154 valence electrons. The van der Waals surface area contributed by atoms with Crippen LogP contribution in [0.1, 0.15) is 43.9 Å². The summed E-state index contributed by atoms with van der Waals surface area (Å²) in [7, 11) is 0. The van der Waals surface area contributed by atoms with Crippen molar-refractivity contribution in [2.45, 2.75) is 33.6 Å². The van der Waals surface area contributed by atoms with E-state index in [1.807, 2.05) is 32.9 Å². The first-order valence-electron chi connectivity index (χ1n) is 9.87. The first-order chi connectivity index (χ1) is 14.0. The Hall–Kier alpha value is -2.44. The molecular formula is C22H26ClFN4O. The summed E-state index contributed by atoms with van der Waals surface area (Å²) < 4.78 is 19.9. The lowest BCUT2D eigenvalue weighted by atomic mass is 9.98. The summed E-state index contributed by atoms with van der Waals surface area (Å²) >= 11 is 6.63. The van der Waals surface area contributed by atoms with Crippen molar-refractivity contribution in [3.05, 3.63) is 57.9 Å². The molecule has 0 unspecified atom stereocenters. The Bertz CT molecular complexity index is 958. The highest BCUT2D eigenvalue weighted by Crippen LogP contribution is 2.36. The molecule has 0 radical (unpaired) electrons. The number of halogens is 2. The van der Waals surface area contributed by atoms with E-state index in [1.54, 1.807) is 11.1 Å². The topological polar surface area (TPSA) is 63.2 Å². The van der Waals surface area contributed by atoms with E-state index >= 15 is 0 Å². The molecule has 3 rings (SSSR count). The molecule has 1 aliphatic heterocycles. The third kappa shape index (κ3) is 4.77. The van der Waals surface area contributed by atoms with Crippen LogP contribution in [0.5, 0.6) is 5.75 Å². The number of rotatable bonds is 6. The van der Waals surface area contributed by atoms with Crippen molar-refractivity contribution in [2.24, 2.45) is 15.8 Å². The molecule has 0 atom stereocenters. The Morgan fingerprint density at radius 3 is 2.66 bits per heavy atom. The lowest BCUT2D eigenvalue weighted by Crippen LogP contribution is -2.39. The van der Waals surface area contributed by atoms with Crippen LogP contribution in [0.3, 0.4) is 0 Å². The molecule has 0 aliphatic carbocycles. The van der Waals surface area contributed by atoms with Crippen molar-refractivity contribution in [3.63, 3.8) is 0 Å². The molecule has 2 aromatic carbocycles. The molecular weight excluding hydrogens is 391 g/mol. The van der Waals surface area contributed by atoms with Crippen molar-refractivity contribution < 1.29 is 9.13 Å². The molecule has 0 aromatic heterocycles. The normalized spacial score (nSPS) is 13.3. The fourth-order valence-electron chi connectivity index (χ4n) is 3.30. The highest BCUT2D eigenvalue weighted by molar-refractivity contribution is 6.37. The third-order valence-corrected chi connectivity index (χ3v) is 4.95. The predicted octanol–water partition coefficient (Wildman–Crippen LogP) is 4.91. The van der Waals surface area contributed by atoms with Gasteiger partial charge in [0.15, 0.2) is 0 Å². The second-order valence-corrected chi connectivity index (χ2v) is 7.23. The zero-order valence-corrected chi connectivity index (χ0v) is 17.8. The van der Waals surface area contributed by atoms with Crippen LogP contribution >= 0.6 is 11.6 Å². The van der Waals surface area contributed by atoms with E-state index in [0.717, 1.165) is 18.4 Å². The van der Waals surface area contributed by atoms with Gasteiger partial charge in [0.05, 0.1) is 29.6 Å². The smallest absolute Gasteiger partial charge is 0.141 e. The number of benzene rings is 2. The second-order valence-electron chi connectivity index (χ2n) is 6.82. The van der Waals surface area contributed by atoms with Crippen LogP contribution in [-0.4, -0.2) is 36.3 Å². The number of aryl methyl sites for hydroxylation is 1. The molecule has 2 aromatic rings. The van der Waals surface area contributed by atoms with E-state index < -0.39 is 0 Å². The summed E-state index contributed by atoms with van der Waals surface area (Å²) in [5, 5.41) is 2.05. The van der Waals surface area contributed by atoms with Gasteiger partial charge in [-0.2, -0.15) is 0 Å². The average molecular weight is 417 g/mol. The number of hydrogen-bond acceptors (Lipinski definition) is 5. The Kier molecular flexibility index (Phi) is 6.87. The molecule has 0 bridgehead atoms. The minimum absolute atomic E-state index is 0.277. The molecule has 2 N–H and O–H groups in total. The van der Waals surface area contributed by atoms with Gasteiger partial charge in [0.1, 0.15) is 17.4 Å². The molecule has 0 spiro atoms. The second kappa shape index (κ2) is 9.37. The average Bonchev–Trinajstić information content (AvgIpc) is 2.88. The van der Waals surface area contributed by atoms with Gasteiger partial charge in [-0.3, -0.25) is 10.0 Å². The fourth-order valence-corrected chi connectivity index (χ4v) is 3.59. The Morgan fingerprint density at radius 2 is 1.97 bits per heavy atom. The van der Waals surface area contributed by atoms with E-state index in [0.29, 0.717) is 52.3 Å². The molecule has 0 fully saturated rings. The van der Waals surface area contributed by atoms with Gasteiger partial charge in [-0.05, 0) is 49.6 Å². The SMILES string of the molecule is CCCN(N)C1=Nc2cc(OCC)cc(Cl)c2C(c2cc(F)cc(CC)c2)=NC1. The molecule has 5 nitrogen and oxygen atoms in total. The van der Waals surface area contributed by atoms with Gasteiger partial charge in [-0.15, -0.1) is 0 Å². The van der Waals surface area contributed by atoms with Gasteiger partial charge >= 0.3 is 0 Å². The van der Waals surface area contributed by atoms with E-state index in [1.165, 1.54) is 12.1 Å². The van der Waals surface area contributed by atoms with E-state index in [2.05, 4.69) is 0 Å². The summed E-state index contributed by atoms with van der Waals surface area (Å²) in [6.45, 7) is 7.37.